The Morgan fingerprint density at radius 3 is 2.59 bits per heavy atom. The molecule has 6 nitrogen and oxygen atoms in total. The molecule has 3 rings (SSSR count). The van der Waals surface area contributed by atoms with Crippen LogP contribution in [0.4, 0.5) is 16.2 Å². The van der Waals surface area contributed by atoms with Crippen molar-refractivity contribution in [1.82, 2.24) is 4.90 Å². The predicted molar refractivity (Wildman–Crippen MR) is 108 cm³/mol. The Balaban J connectivity index is 1.42. The highest BCUT2D eigenvalue weighted by molar-refractivity contribution is 6.42. The Morgan fingerprint density at radius 2 is 1.89 bits per heavy atom. The van der Waals surface area contributed by atoms with Crippen LogP contribution >= 0.6 is 23.2 Å². The van der Waals surface area contributed by atoms with Crippen LogP contribution in [0.3, 0.4) is 0 Å². The summed E-state index contributed by atoms with van der Waals surface area (Å²) in [5, 5.41) is 7.26. The Bertz CT molecular complexity index is 786. The van der Waals surface area contributed by atoms with Gasteiger partial charge in [0.05, 0.1) is 16.6 Å². The lowest BCUT2D eigenvalue weighted by molar-refractivity contribution is 0.103. The summed E-state index contributed by atoms with van der Waals surface area (Å²) in [7, 11) is 1.86. The molecule has 1 saturated heterocycles. The summed E-state index contributed by atoms with van der Waals surface area (Å²) in [4.78, 5) is 13.6. The summed E-state index contributed by atoms with van der Waals surface area (Å²) in [6.07, 6.45) is -0.614. The first-order chi connectivity index (χ1) is 13.0. The fourth-order valence-corrected chi connectivity index (χ4v) is 2.99. The van der Waals surface area contributed by atoms with Crippen molar-refractivity contribution in [2.45, 2.75) is 6.10 Å². The largest absolute Gasteiger partial charge is 0.490 e. The Morgan fingerprint density at radius 1 is 1.15 bits per heavy atom. The number of benzene rings is 2. The molecule has 2 aromatic carbocycles. The average molecular weight is 410 g/mol. The Hall–Kier alpha value is -2.31. The molecule has 0 saturated carbocycles. The van der Waals surface area contributed by atoms with E-state index >= 15 is 0 Å². The molecular formula is C19H21Cl2N3O3. The van der Waals surface area contributed by atoms with Gasteiger partial charge in [0, 0.05) is 31.5 Å². The van der Waals surface area contributed by atoms with Gasteiger partial charge in [0.1, 0.15) is 12.4 Å². The lowest BCUT2D eigenvalue weighted by atomic mass is 10.3. The fraction of sp³-hybridized carbons (Fsp3) is 0.316. The molecule has 2 N–H and O–H groups in total. The van der Waals surface area contributed by atoms with Crippen molar-refractivity contribution in [3.8, 4) is 5.75 Å². The molecule has 1 atom stereocenters. The number of cyclic esters (lactones) is 1. The van der Waals surface area contributed by atoms with Gasteiger partial charge >= 0.3 is 6.09 Å². The highest BCUT2D eigenvalue weighted by Gasteiger charge is 2.31. The summed E-state index contributed by atoms with van der Waals surface area (Å²) in [6.45, 7) is 1.91. The minimum atomic E-state index is -0.329. The van der Waals surface area contributed by atoms with Crippen molar-refractivity contribution >= 4 is 40.7 Å². The van der Waals surface area contributed by atoms with Gasteiger partial charge in [-0.3, -0.25) is 0 Å². The molecule has 144 valence electrons. The van der Waals surface area contributed by atoms with E-state index < -0.39 is 0 Å². The number of carbonyl (C=O) groups excluding carboxylic acids is 1. The number of hydrogen-bond donors (Lipinski definition) is 2. The number of hydrogen-bond acceptors (Lipinski definition) is 5. The smallest absolute Gasteiger partial charge is 0.410 e. The summed E-state index contributed by atoms with van der Waals surface area (Å²) in [6, 6.07) is 12.9. The third kappa shape index (κ3) is 5.34. The van der Waals surface area contributed by atoms with Crippen molar-refractivity contribution in [3.05, 3.63) is 52.5 Å². The van der Waals surface area contributed by atoms with Gasteiger partial charge in [0.15, 0.2) is 6.10 Å². The van der Waals surface area contributed by atoms with E-state index in [1.807, 2.05) is 37.4 Å². The van der Waals surface area contributed by atoms with Gasteiger partial charge in [0.25, 0.3) is 0 Å². The van der Waals surface area contributed by atoms with E-state index in [-0.39, 0.29) is 12.2 Å². The van der Waals surface area contributed by atoms with Gasteiger partial charge in [0.2, 0.25) is 0 Å². The Labute approximate surface area is 168 Å². The monoisotopic (exact) mass is 409 g/mol. The molecule has 1 aliphatic heterocycles. The maximum atomic E-state index is 12.0. The highest BCUT2D eigenvalue weighted by atomic mass is 35.5. The van der Waals surface area contributed by atoms with E-state index in [0.717, 1.165) is 17.1 Å². The van der Waals surface area contributed by atoms with E-state index in [9.17, 15) is 4.79 Å². The van der Waals surface area contributed by atoms with Gasteiger partial charge in [-0.2, -0.15) is 0 Å². The lowest BCUT2D eigenvalue weighted by Crippen LogP contribution is -2.31. The van der Waals surface area contributed by atoms with Crippen LogP contribution in [0.2, 0.25) is 10.0 Å². The lowest BCUT2D eigenvalue weighted by Gasteiger charge is -2.14. The van der Waals surface area contributed by atoms with Crippen molar-refractivity contribution in [2.75, 3.05) is 43.9 Å². The van der Waals surface area contributed by atoms with E-state index in [0.29, 0.717) is 36.3 Å². The highest BCUT2D eigenvalue weighted by Crippen LogP contribution is 2.25. The molecule has 0 bridgehead atoms. The maximum absolute atomic E-state index is 12.0. The third-order valence-electron chi connectivity index (χ3n) is 4.16. The van der Waals surface area contributed by atoms with Crippen LogP contribution in [-0.4, -0.2) is 50.4 Å². The normalized spacial score (nSPS) is 16.2. The number of nitrogens with zero attached hydrogens (tertiary/aromatic N) is 1. The number of nitrogens with one attached hydrogen (secondary N) is 2. The van der Waals surface area contributed by atoms with E-state index in [1.54, 1.807) is 17.0 Å². The van der Waals surface area contributed by atoms with E-state index in [4.69, 9.17) is 32.7 Å². The number of rotatable bonds is 8. The SMILES string of the molecule is CNc1ccc(OCC2CN(CCNc3ccc(Cl)c(Cl)c3)C(=O)O2)cc1. The fourth-order valence-electron chi connectivity index (χ4n) is 2.69. The number of carbonyl (C=O) groups is 1. The third-order valence-corrected chi connectivity index (χ3v) is 4.90. The minimum Gasteiger partial charge on any atom is -0.490 e. The van der Waals surface area contributed by atoms with Gasteiger partial charge in [-0.25, -0.2) is 4.79 Å². The second-order valence-corrected chi connectivity index (χ2v) is 6.91. The average Bonchev–Trinajstić information content (AvgIpc) is 3.03. The summed E-state index contributed by atoms with van der Waals surface area (Å²) < 4.78 is 11.1. The van der Waals surface area contributed by atoms with Gasteiger partial charge in [-0.15, -0.1) is 0 Å². The number of anilines is 2. The molecule has 8 heteroatoms. The van der Waals surface area contributed by atoms with Crippen molar-refractivity contribution in [2.24, 2.45) is 0 Å². The zero-order valence-electron chi connectivity index (χ0n) is 14.9. The molecule has 0 aromatic heterocycles. The molecule has 2 aromatic rings. The van der Waals surface area contributed by atoms with Crippen LogP contribution in [0.5, 0.6) is 5.75 Å². The first-order valence-corrected chi connectivity index (χ1v) is 9.36. The Kier molecular flexibility index (Phi) is 6.53. The minimum absolute atomic E-state index is 0.286. The zero-order valence-corrected chi connectivity index (χ0v) is 16.4. The van der Waals surface area contributed by atoms with Crippen LogP contribution in [0.25, 0.3) is 0 Å². The first-order valence-electron chi connectivity index (χ1n) is 8.60. The van der Waals surface area contributed by atoms with E-state index in [2.05, 4.69) is 10.6 Å². The number of ether oxygens (including phenoxy) is 2. The van der Waals surface area contributed by atoms with Crippen LogP contribution in [0.1, 0.15) is 0 Å². The molecule has 0 radical (unpaired) electrons. The number of halogens is 2. The summed E-state index contributed by atoms with van der Waals surface area (Å²) in [5.41, 5.74) is 1.86. The van der Waals surface area contributed by atoms with Crippen molar-refractivity contribution in [3.63, 3.8) is 0 Å². The zero-order chi connectivity index (χ0) is 19.2. The second kappa shape index (κ2) is 9.06. The molecule has 27 heavy (non-hydrogen) atoms. The summed E-state index contributed by atoms with van der Waals surface area (Å²) in [5.74, 6) is 0.741. The van der Waals surface area contributed by atoms with Crippen LogP contribution in [0, 0.1) is 0 Å². The molecular weight excluding hydrogens is 389 g/mol. The molecule has 1 aliphatic rings. The molecule has 0 aliphatic carbocycles. The van der Waals surface area contributed by atoms with Crippen LogP contribution in [-0.2, 0) is 4.74 Å². The second-order valence-electron chi connectivity index (χ2n) is 6.09. The van der Waals surface area contributed by atoms with Crippen LogP contribution < -0.4 is 15.4 Å². The van der Waals surface area contributed by atoms with Crippen molar-refractivity contribution in [1.29, 1.82) is 0 Å². The quantitative estimate of drug-likeness (QED) is 0.678. The van der Waals surface area contributed by atoms with Crippen LogP contribution in [0.15, 0.2) is 42.5 Å². The van der Waals surface area contributed by atoms with Gasteiger partial charge < -0.3 is 25.0 Å². The molecule has 1 fully saturated rings. The van der Waals surface area contributed by atoms with Crippen molar-refractivity contribution < 1.29 is 14.3 Å². The van der Waals surface area contributed by atoms with Gasteiger partial charge in [-0.05, 0) is 42.5 Å². The number of amides is 1. The maximum Gasteiger partial charge on any atom is 0.410 e. The standard InChI is InChI=1S/C19H21Cl2N3O3/c1-22-13-2-5-15(6-3-13)26-12-16-11-24(19(25)27-16)9-8-23-14-4-7-17(20)18(21)10-14/h2-7,10,16,22-23H,8-9,11-12H2,1H3. The first kappa shape index (κ1) is 19.5. The topological polar surface area (TPSA) is 62.8 Å². The van der Waals surface area contributed by atoms with E-state index in [1.165, 1.54) is 0 Å². The molecule has 1 amide bonds. The summed E-state index contributed by atoms with van der Waals surface area (Å²) >= 11 is 11.9. The predicted octanol–water partition coefficient (Wildman–Crippen LogP) is 4.35. The molecule has 0 spiro atoms. The van der Waals surface area contributed by atoms with Gasteiger partial charge in [-0.1, -0.05) is 23.2 Å². The molecule has 1 unspecified atom stereocenters. The molecule has 1 heterocycles.